The summed E-state index contributed by atoms with van der Waals surface area (Å²) < 4.78 is 2.14. The molecule has 0 aromatic heterocycles. The molecule has 0 aliphatic rings. The third kappa shape index (κ3) is 3.75. The zero-order valence-electron chi connectivity index (χ0n) is 8.68. The molecule has 1 atom stereocenters. The van der Waals surface area contributed by atoms with Crippen LogP contribution in [0.25, 0.3) is 0 Å². The second-order valence-corrected chi connectivity index (χ2v) is 5.44. The van der Waals surface area contributed by atoms with Gasteiger partial charge >= 0.3 is 0 Å². The first-order valence-corrected chi connectivity index (χ1v) is 6.67. The molecule has 82 valence electrons. The summed E-state index contributed by atoms with van der Waals surface area (Å²) in [6.45, 7) is 3.94. The number of rotatable bonds is 3. The molecule has 1 aromatic carbocycles. The van der Waals surface area contributed by atoms with Gasteiger partial charge in [-0.05, 0) is 63.1 Å². The van der Waals surface area contributed by atoms with Gasteiger partial charge in [0.1, 0.15) is 0 Å². The van der Waals surface area contributed by atoms with E-state index in [1.807, 2.05) is 32.0 Å². The molecule has 1 unspecified atom stereocenters. The SMILES string of the molecule is CCC(C)C(=O)Nc1ccc(Br)c(I)c1. The van der Waals surface area contributed by atoms with Gasteiger partial charge in [0.15, 0.2) is 0 Å². The zero-order chi connectivity index (χ0) is 11.4. The predicted molar refractivity (Wildman–Crippen MR) is 74.9 cm³/mol. The summed E-state index contributed by atoms with van der Waals surface area (Å²) in [5, 5.41) is 2.90. The van der Waals surface area contributed by atoms with Crippen molar-refractivity contribution in [3.8, 4) is 0 Å². The van der Waals surface area contributed by atoms with Crippen molar-refractivity contribution in [2.45, 2.75) is 20.3 Å². The molecule has 0 aliphatic carbocycles. The van der Waals surface area contributed by atoms with Crippen LogP contribution < -0.4 is 5.32 Å². The van der Waals surface area contributed by atoms with Crippen LogP contribution in [0.3, 0.4) is 0 Å². The smallest absolute Gasteiger partial charge is 0.227 e. The number of benzene rings is 1. The number of amides is 1. The van der Waals surface area contributed by atoms with Gasteiger partial charge in [0.25, 0.3) is 0 Å². The Labute approximate surface area is 112 Å². The first-order chi connectivity index (χ1) is 7.04. The van der Waals surface area contributed by atoms with E-state index < -0.39 is 0 Å². The maximum atomic E-state index is 11.6. The van der Waals surface area contributed by atoms with Gasteiger partial charge < -0.3 is 5.32 Å². The first-order valence-electron chi connectivity index (χ1n) is 4.80. The lowest BCUT2D eigenvalue weighted by Gasteiger charge is -2.10. The quantitative estimate of drug-likeness (QED) is 0.786. The van der Waals surface area contributed by atoms with Crippen molar-refractivity contribution in [3.05, 3.63) is 26.2 Å². The fraction of sp³-hybridized carbons (Fsp3) is 0.364. The third-order valence-corrected chi connectivity index (χ3v) is 4.57. The van der Waals surface area contributed by atoms with Gasteiger partial charge in [0, 0.05) is 19.6 Å². The van der Waals surface area contributed by atoms with Crippen molar-refractivity contribution in [1.82, 2.24) is 0 Å². The second kappa shape index (κ2) is 5.84. The highest BCUT2D eigenvalue weighted by Crippen LogP contribution is 2.22. The molecule has 0 radical (unpaired) electrons. The number of carbonyl (C=O) groups excluding carboxylic acids is 1. The van der Waals surface area contributed by atoms with E-state index in [-0.39, 0.29) is 11.8 Å². The molecule has 0 bridgehead atoms. The van der Waals surface area contributed by atoms with Crippen molar-refractivity contribution < 1.29 is 4.79 Å². The van der Waals surface area contributed by atoms with Gasteiger partial charge in [0.05, 0.1) is 0 Å². The lowest BCUT2D eigenvalue weighted by Crippen LogP contribution is -2.19. The molecule has 2 nitrogen and oxygen atoms in total. The number of carbonyl (C=O) groups is 1. The fourth-order valence-corrected chi connectivity index (χ4v) is 1.79. The lowest BCUT2D eigenvalue weighted by atomic mass is 10.1. The van der Waals surface area contributed by atoms with Crippen LogP contribution in [0, 0.1) is 9.49 Å². The van der Waals surface area contributed by atoms with Gasteiger partial charge in [-0.3, -0.25) is 4.79 Å². The summed E-state index contributed by atoms with van der Waals surface area (Å²) in [4.78, 5) is 11.6. The van der Waals surface area contributed by atoms with Crippen LogP contribution in [0.15, 0.2) is 22.7 Å². The number of halogens is 2. The van der Waals surface area contributed by atoms with E-state index in [0.717, 1.165) is 20.2 Å². The molecular formula is C11H13BrINO. The average Bonchev–Trinajstić information content (AvgIpc) is 2.22. The molecule has 1 aromatic rings. The summed E-state index contributed by atoms with van der Waals surface area (Å²) in [5.41, 5.74) is 0.855. The normalized spacial score (nSPS) is 12.3. The highest BCUT2D eigenvalue weighted by molar-refractivity contribution is 14.1. The monoisotopic (exact) mass is 381 g/mol. The van der Waals surface area contributed by atoms with Gasteiger partial charge in [-0.15, -0.1) is 0 Å². The summed E-state index contributed by atoms with van der Waals surface area (Å²) in [5.74, 6) is 0.141. The molecule has 1 rings (SSSR count). The Hall–Kier alpha value is -0.100. The van der Waals surface area contributed by atoms with Gasteiger partial charge in [0.2, 0.25) is 5.91 Å². The van der Waals surface area contributed by atoms with E-state index in [0.29, 0.717) is 0 Å². The Balaban J connectivity index is 2.73. The number of hydrogen-bond acceptors (Lipinski definition) is 1. The maximum absolute atomic E-state index is 11.6. The standard InChI is InChI=1S/C11H13BrINO/c1-3-7(2)11(15)14-8-4-5-9(12)10(13)6-8/h4-7H,3H2,1-2H3,(H,14,15). The molecule has 15 heavy (non-hydrogen) atoms. The predicted octanol–water partition coefficient (Wildman–Crippen LogP) is 4.04. The lowest BCUT2D eigenvalue weighted by molar-refractivity contribution is -0.119. The third-order valence-electron chi connectivity index (χ3n) is 2.25. The highest BCUT2D eigenvalue weighted by Gasteiger charge is 2.10. The molecule has 0 aliphatic heterocycles. The van der Waals surface area contributed by atoms with E-state index in [9.17, 15) is 4.79 Å². The van der Waals surface area contributed by atoms with Crippen LogP contribution in [0.5, 0.6) is 0 Å². The molecule has 0 spiro atoms. The number of hydrogen-bond donors (Lipinski definition) is 1. The Kier molecular flexibility index (Phi) is 5.05. The summed E-state index contributed by atoms with van der Waals surface area (Å²) in [7, 11) is 0. The summed E-state index contributed by atoms with van der Waals surface area (Å²) in [6.07, 6.45) is 0.861. The van der Waals surface area contributed by atoms with Gasteiger partial charge in [-0.1, -0.05) is 13.8 Å². The topological polar surface area (TPSA) is 29.1 Å². The molecule has 0 heterocycles. The Morgan fingerprint density at radius 3 is 2.80 bits per heavy atom. The van der Waals surface area contributed by atoms with E-state index >= 15 is 0 Å². The minimum absolute atomic E-state index is 0.0614. The van der Waals surface area contributed by atoms with Crippen molar-refractivity contribution in [2.75, 3.05) is 5.32 Å². The summed E-state index contributed by atoms with van der Waals surface area (Å²) in [6, 6.07) is 5.78. The largest absolute Gasteiger partial charge is 0.326 e. The maximum Gasteiger partial charge on any atom is 0.227 e. The van der Waals surface area contributed by atoms with Gasteiger partial charge in [-0.25, -0.2) is 0 Å². The minimum Gasteiger partial charge on any atom is -0.326 e. The average molecular weight is 382 g/mol. The number of anilines is 1. The van der Waals surface area contributed by atoms with E-state index in [4.69, 9.17) is 0 Å². The Morgan fingerprint density at radius 1 is 1.60 bits per heavy atom. The number of nitrogens with one attached hydrogen (secondary N) is 1. The molecule has 0 saturated carbocycles. The molecule has 0 fully saturated rings. The van der Waals surface area contributed by atoms with Crippen molar-refractivity contribution in [2.24, 2.45) is 5.92 Å². The molecule has 1 N–H and O–H groups in total. The van der Waals surface area contributed by atoms with Gasteiger partial charge in [-0.2, -0.15) is 0 Å². The molecule has 0 saturated heterocycles. The zero-order valence-corrected chi connectivity index (χ0v) is 12.4. The minimum atomic E-state index is 0.0614. The molecular weight excluding hydrogens is 369 g/mol. The van der Waals surface area contributed by atoms with E-state index in [2.05, 4.69) is 43.8 Å². The van der Waals surface area contributed by atoms with Crippen molar-refractivity contribution in [3.63, 3.8) is 0 Å². The van der Waals surface area contributed by atoms with Crippen LogP contribution in [-0.2, 0) is 4.79 Å². The van der Waals surface area contributed by atoms with Crippen LogP contribution in [0.4, 0.5) is 5.69 Å². The van der Waals surface area contributed by atoms with Crippen LogP contribution in [0.2, 0.25) is 0 Å². The Bertz CT molecular complexity index is 368. The van der Waals surface area contributed by atoms with Crippen molar-refractivity contribution in [1.29, 1.82) is 0 Å². The van der Waals surface area contributed by atoms with Crippen LogP contribution in [-0.4, -0.2) is 5.91 Å². The molecule has 4 heteroatoms. The van der Waals surface area contributed by atoms with E-state index in [1.54, 1.807) is 0 Å². The highest BCUT2D eigenvalue weighted by atomic mass is 127. The fourth-order valence-electron chi connectivity index (χ4n) is 1.02. The molecule has 1 amide bonds. The van der Waals surface area contributed by atoms with Crippen molar-refractivity contribution >= 4 is 50.1 Å². The first kappa shape index (κ1) is 13.0. The van der Waals surface area contributed by atoms with Crippen LogP contribution >= 0.6 is 38.5 Å². The van der Waals surface area contributed by atoms with E-state index in [1.165, 1.54) is 0 Å². The Morgan fingerprint density at radius 2 is 2.27 bits per heavy atom. The van der Waals surface area contributed by atoms with Crippen LogP contribution in [0.1, 0.15) is 20.3 Å². The summed E-state index contributed by atoms with van der Waals surface area (Å²) >= 11 is 5.64. The second-order valence-electron chi connectivity index (χ2n) is 3.43.